The fourth-order valence-corrected chi connectivity index (χ4v) is 5.97. The summed E-state index contributed by atoms with van der Waals surface area (Å²) in [7, 11) is 1.73. The molecular formula is C39H60N6O7. The van der Waals surface area contributed by atoms with E-state index in [0.29, 0.717) is 61.6 Å². The minimum atomic E-state index is -0.527. The molecule has 5 amide bonds. The second kappa shape index (κ2) is 21.2. The molecule has 3 rings (SSSR count). The van der Waals surface area contributed by atoms with Gasteiger partial charge in [0.25, 0.3) is 5.91 Å². The predicted octanol–water partition coefficient (Wildman–Crippen LogP) is 5.64. The van der Waals surface area contributed by atoms with Crippen molar-refractivity contribution in [2.75, 3.05) is 49.7 Å². The maximum absolute atomic E-state index is 14.4. The zero-order valence-electron chi connectivity index (χ0n) is 31.8. The Morgan fingerprint density at radius 2 is 1.69 bits per heavy atom. The van der Waals surface area contributed by atoms with Gasteiger partial charge in [-0.25, -0.2) is 4.79 Å². The second-order valence-electron chi connectivity index (χ2n) is 14.2. The lowest BCUT2D eigenvalue weighted by atomic mass is 10.0. The molecule has 2 aromatic rings. The molecule has 0 spiro atoms. The van der Waals surface area contributed by atoms with Crippen LogP contribution in [0.25, 0.3) is 0 Å². The number of nitrogens with two attached hydrogens (primary N) is 1. The van der Waals surface area contributed by atoms with Crippen molar-refractivity contribution in [3.63, 3.8) is 0 Å². The molecule has 13 heteroatoms. The Morgan fingerprint density at radius 1 is 1.00 bits per heavy atom. The highest BCUT2D eigenvalue weighted by atomic mass is 16.5. The number of rotatable bonds is 13. The lowest BCUT2D eigenvalue weighted by Crippen LogP contribution is -2.49. The van der Waals surface area contributed by atoms with E-state index in [-0.39, 0.29) is 73.1 Å². The molecule has 1 aliphatic heterocycles. The van der Waals surface area contributed by atoms with E-state index in [9.17, 15) is 24.3 Å². The van der Waals surface area contributed by atoms with Gasteiger partial charge in [0.2, 0.25) is 11.8 Å². The van der Waals surface area contributed by atoms with Crippen molar-refractivity contribution in [3.8, 4) is 5.75 Å². The van der Waals surface area contributed by atoms with Crippen molar-refractivity contribution in [2.24, 2.45) is 5.92 Å². The lowest BCUT2D eigenvalue weighted by molar-refractivity contribution is -0.116. The van der Waals surface area contributed by atoms with Crippen LogP contribution >= 0.6 is 0 Å². The smallest absolute Gasteiger partial charge is 0.317 e. The molecule has 0 aromatic heterocycles. The summed E-state index contributed by atoms with van der Waals surface area (Å²) in [4.78, 5) is 55.6. The van der Waals surface area contributed by atoms with E-state index in [1.165, 1.54) is 0 Å². The average molecular weight is 725 g/mol. The third-order valence-electron chi connectivity index (χ3n) is 9.09. The van der Waals surface area contributed by atoms with E-state index >= 15 is 0 Å². The van der Waals surface area contributed by atoms with Crippen LogP contribution in [0, 0.1) is 5.92 Å². The molecule has 0 fully saturated rings. The van der Waals surface area contributed by atoms with Crippen molar-refractivity contribution in [2.45, 2.75) is 110 Å². The third kappa shape index (κ3) is 13.6. The molecule has 6 N–H and O–H groups in total. The minimum absolute atomic E-state index is 0.0131. The highest BCUT2D eigenvalue weighted by Crippen LogP contribution is 2.29. The first-order chi connectivity index (χ1) is 24.8. The van der Waals surface area contributed by atoms with E-state index in [4.69, 9.17) is 15.2 Å². The van der Waals surface area contributed by atoms with E-state index in [0.717, 1.165) is 19.3 Å². The van der Waals surface area contributed by atoms with Crippen molar-refractivity contribution in [1.29, 1.82) is 0 Å². The fraction of sp³-hybridized carbons (Fsp3) is 0.590. The molecule has 1 heterocycles. The summed E-state index contributed by atoms with van der Waals surface area (Å²) >= 11 is 0. The Morgan fingerprint density at radius 3 is 2.37 bits per heavy atom. The molecule has 288 valence electrons. The number of anilines is 3. The van der Waals surface area contributed by atoms with Crippen molar-refractivity contribution >= 4 is 40.8 Å². The summed E-state index contributed by atoms with van der Waals surface area (Å²) in [5.41, 5.74) is 7.73. The molecular weight excluding hydrogens is 664 g/mol. The second-order valence-corrected chi connectivity index (χ2v) is 14.2. The van der Waals surface area contributed by atoms with Crippen LogP contribution in [-0.4, -0.2) is 96.3 Å². The Hall–Kier alpha value is -4.36. The number of aliphatic hydroxyl groups excluding tert-OH is 1. The quantitative estimate of drug-likeness (QED) is 0.130. The number of nitrogen functional groups attached to an aromatic ring is 1. The van der Waals surface area contributed by atoms with Crippen molar-refractivity contribution in [1.82, 2.24) is 15.1 Å². The van der Waals surface area contributed by atoms with Gasteiger partial charge in [0.05, 0.1) is 41.8 Å². The minimum Gasteiger partial charge on any atom is -0.490 e. The number of unbranched alkanes of at least 4 members (excludes halogenated alkanes) is 2. The van der Waals surface area contributed by atoms with Gasteiger partial charge < -0.3 is 46.1 Å². The number of ether oxygens (including phenoxy) is 2. The highest BCUT2D eigenvalue weighted by Gasteiger charge is 2.31. The molecule has 1 aliphatic rings. The summed E-state index contributed by atoms with van der Waals surface area (Å²) in [6.45, 7) is 10.4. The number of carbonyl (C=O) groups is 4. The first kappa shape index (κ1) is 42.1. The summed E-state index contributed by atoms with van der Waals surface area (Å²) in [5, 5.41) is 18.9. The molecule has 13 nitrogen and oxygen atoms in total. The number of benzene rings is 2. The Kier molecular flexibility index (Phi) is 17.2. The predicted molar refractivity (Wildman–Crippen MR) is 204 cm³/mol. The molecule has 0 unspecified atom stereocenters. The van der Waals surface area contributed by atoms with Gasteiger partial charge >= 0.3 is 6.03 Å². The summed E-state index contributed by atoms with van der Waals surface area (Å²) < 4.78 is 12.6. The van der Waals surface area contributed by atoms with Gasteiger partial charge in [-0.3, -0.25) is 14.4 Å². The zero-order chi connectivity index (χ0) is 38.2. The van der Waals surface area contributed by atoms with Crippen LogP contribution in [0.2, 0.25) is 0 Å². The maximum Gasteiger partial charge on any atom is 0.317 e. The first-order valence-electron chi connectivity index (χ1n) is 18.6. The number of hydrogen-bond donors (Lipinski definition) is 5. The number of urea groups is 1. The van der Waals surface area contributed by atoms with E-state index in [2.05, 4.69) is 16.0 Å². The van der Waals surface area contributed by atoms with E-state index in [1.54, 1.807) is 60.2 Å². The van der Waals surface area contributed by atoms with Gasteiger partial charge in [-0.05, 0) is 90.1 Å². The number of carbonyl (C=O) groups excluding carboxylic acids is 4. The van der Waals surface area contributed by atoms with Crippen LogP contribution in [-0.2, 0) is 14.3 Å². The Bertz CT molecular complexity index is 1470. The van der Waals surface area contributed by atoms with Gasteiger partial charge in [0.15, 0.2) is 0 Å². The molecule has 52 heavy (non-hydrogen) atoms. The Labute approximate surface area is 309 Å². The number of amides is 5. The normalized spacial score (nSPS) is 19.1. The van der Waals surface area contributed by atoms with Crippen LogP contribution in [0.3, 0.4) is 0 Å². The highest BCUT2D eigenvalue weighted by molar-refractivity contribution is 6.00. The molecule has 0 aliphatic carbocycles. The molecule has 2 aromatic carbocycles. The summed E-state index contributed by atoms with van der Waals surface area (Å²) in [6.07, 6.45) is 4.33. The molecule has 0 saturated carbocycles. The summed E-state index contributed by atoms with van der Waals surface area (Å²) in [6, 6.07) is 11.4. The fourth-order valence-electron chi connectivity index (χ4n) is 5.97. The number of fused-ring (bicyclic) bond motifs is 1. The van der Waals surface area contributed by atoms with Gasteiger partial charge in [-0.2, -0.15) is 0 Å². The standard InChI is InChI=1S/C39H60N6O7/c1-26(2)41-39(50)44(6)24-35-27(3)23-45(28(4)25-46)38(49)31-22-30(19-20-34(31)52-29(5)14-12-13-21-51-35)42-36(47)17-8-7-9-18-37(48)43-33-16-11-10-15-32(33)40/h10-11,15-16,19-20,22,26-29,35,46H,7-9,12-14,17-18,21,23-25,40H2,1-6H3,(H,41,50)(H,42,47)(H,43,48)/t27-,28+,29+,35-/m0/s1. The monoisotopic (exact) mass is 724 g/mol. The lowest BCUT2D eigenvalue weighted by Gasteiger charge is -2.36. The maximum atomic E-state index is 14.4. The first-order valence-corrected chi connectivity index (χ1v) is 18.6. The van der Waals surface area contributed by atoms with Gasteiger partial charge in [0, 0.05) is 57.2 Å². The van der Waals surface area contributed by atoms with E-state index in [1.807, 2.05) is 33.8 Å². The number of nitrogens with one attached hydrogen (secondary N) is 3. The average Bonchev–Trinajstić information content (AvgIpc) is 3.09. The number of aliphatic hydroxyl groups is 1. The zero-order valence-corrected chi connectivity index (χ0v) is 31.8. The molecule has 4 atom stereocenters. The van der Waals surface area contributed by atoms with Crippen LogP contribution in [0.1, 0.15) is 96.3 Å². The number of para-hydroxylation sites is 2. The topological polar surface area (TPSA) is 176 Å². The number of hydrogen-bond acceptors (Lipinski definition) is 8. The van der Waals surface area contributed by atoms with Crippen molar-refractivity contribution in [3.05, 3.63) is 48.0 Å². The molecule has 0 bridgehead atoms. The van der Waals surface area contributed by atoms with E-state index < -0.39 is 6.04 Å². The van der Waals surface area contributed by atoms with Crippen molar-refractivity contribution < 1.29 is 33.8 Å². The number of nitrogens with zero attached hydrogens (tertiary/aromatic N) is 2. The van der Waals surface area contributed by atoms with Gasteiger partial charge in [0.1, 0.15) is 5.75 Å². The largest absolute Gasteiger partial charge is 0.490 e. The molecule has 0 saturated heterocycles. The van der Waals surface area contributed by atoms with Crippen LogP contribution < -0.4 is 26.4 Å². The molecule has 0 radical (unpaired) electrons. The van der Waals surface area contributed by atoms with Crippen LogP contribution in [0.5, 0.6) is 5.75 Å². The van der Waals surface area contributed by atoms with Crippen LogP contribution in [0.4, 0.5) is 21.9 Å². The SMILES string of the molecule is CC(C)NC(=O)N(C)C[C@@H]1OCCCC[C@@H](C)Oc2ccc(NC(=O)CCCCCC(=O)Nc3ccccc3N)cc2C(=O)N([C@H](C)CO)C[C@@H]1C. The summed E-state index contributed by atoms with van der Waals surface area (Å²) in [5.74, 6) is -0.461. The van der Waals surface area contributed by atoms with Gasteiger partial charge in [-0.1, -0.05) is 25.5 Å². The van der Waals surface area contributed by atoms with Crippen LogP contribution in [0.15, 0.2) is 42.5 Å². The third-order valence-corrected chi connectivity index (χ3v) is 9.09. The van der Waals surface area contributed by atoms with Gasteiger partial charge in [-0.15, -0.1) is 0 Å². The number of likely N-dealkylation sites (N-methyl/N-ethyl adjacent to an activating group) is 1. The Balaban J connectivity index is 1.71.